The number of nitrogens with one attached hydrogen (secondary N) is 2. The van der Waals surface area contributed by atoms with Crippen molar-refractivity contribution >= 4 is 0 Å². The van der Waals surface area contributed by atoms with Crippen LogP contribution in [0.4, 0.5) is 0 Å². The maximum Gasteiger partial charge on any atom is 0.244 e. The summed E-state index contributed by atoms with van der Waals surface area (Å²) in [6, 6.07) is 12.2. The summed E-state index contributed by atoms with van der Waals surface area (Å²) in [7, 11) is 0. The second kappa shape index (κ2) is 9.16. The van der Waals surface area contributed by atoms with Gasteiger partial charge in [-0.25, -0.2) is 0 Å². The minimum absolute atomic E-state index is 0.0489. The molecular formula is C26H26N8O2. The molecule has 10 nitrogen and oxygen atoms in total. The van der Waals surface area contributed by atoms with Crippen LogP contribution in [0.15, 0.2) is 47.2 Å². The quantitative estimate of drug-likeness (QED) is 0.413. The average molecular weight is 483 g/mol. The summed E-state index contributed by atoms with van der Waals surface area (Å²) in [4.78, 5) is 0. The third-order valence-corrected chi connectivity index (χ3v) is 6.64. The largest absolute Gasteiger partial charge is 0.420 e. The summed E-state index contributed by atoms with van der Waals surface area (Å²) >= 11 is 0. The van der Waals surface area contributed by atoms with Gasteiger partial charge >= 0.3 is 0 Å². The average Bonchev–Trinajstić information content (AvgIpc) is 3.46. The molecule has 2 aromatic heterocycles. The standard InChI is InChI=1S/C26H26N8O2/c1-3-5-17-21-19(15(11-27)23(29)35-25(21)33-31-17)13-7-9-14(10-8-13)20-16(12-28)24(30)36-26-22(20)18(6-4-2)32-34-26/h7-10,19-20H,3-6,29-30H2,1-2H3,(H,31,33)(H,32,34)/t19-,20-/m0/s1. The number of aromatic nitrogens is 4. The van der Waals surface area contributed by atoms with Gasteiger partial charge in [-0.05, 0) is 24.0 Å². The van der Waals surface area contributed by atoms with Gasteiger partial charge in [0, 0.05) is 22.5 Å². The molecule has 0 radical (unpaired) electrons. The van der Waals surface area contributed by atoms with E-state index < -0.39 is 11.8 Å². The van der Waals surface area contributed by atoms with E-state index in [1.54, 1.807) is 0 Å². The molecule has 0 bridgehead atoms. The predicted molar refractivity (Wildman–Crippen MR) is 130 cm³/mol. The fraction of sp³-hybridized carbons (Fsp3) is 0.308. The summed E-state index contributed by atoms with van der Waals surface area (Å²) in [5.41, 5.74) is 18.1. The summed E-state index contributed by atoms with van der Waals surface area (Å²) < 4.78 is 11.3. The lowest BCUT2D eigenvalue weighted by Gasteiger charge is -2.26. The van der Waals surface area contributed by atoms with E-state index in [1.165, 1.54) is 0 Å². The topological polar surface area (TPSA) is 175 Å². The molecule has 3 aromatic rings. The van der Waals surface area contributed by atoms with Crippen molar-refractivity contribution in [1.82, 2.24) is 20.4 Å². The smallest absolute Gasteiger partial charge is 0.244 e. The van der Waals surface area contributed by atoms with Crippen LogP contribution in [-0.2, 0) is 12.8 Å². The number of H-pyrrole nitrogens is 2. The van der Waals surface area contributed by atoms with Crippen molar-refractivity contribution in [2.75, 3.05) is 0 Å². The minimum Gasteiger partial charge on any atom is -0.420 e. The van der Waals surface area contributed by atoms with Gasteiger partial charge in [-0.1, -0.05) is 51.0 Å². The zero-order valence-electron chi connectivity index (χ0n) is 20.1. The maximum absolute atomic E-state index is 9.92. The molecule has 0 spiro atoms. The van der Waals surface area contributed by atoms with Crippen LogP contribution >= 0.6 is 0 Å². The zero-order valence-corrected chi connectivity index (χ0v) is 20.1. The highest BCUT2D eigenvalue weighted by atomic mass is 16.5. The highest BCUT2D eigenvalue weighted by molar-refractivity contribution is 5.58. The molecule has 0 amide bonds. The molecular weight excluding hydrogens is 456 g/mol. The zero-order chi connectivity index (χ0) is 25.4. The van der Waals surface area contributed by atoms with Crippen LogP contribution in [0.5, 0.6) is 11.8 Å². The number of hydrogen-bond donors (Lipinski definition) is 4. The second-order valence-electron chi connectivity index (χ2n) is 8.86. The summed E-state index contributed by atoms with van der Waals surface area (Å²) in [5, 5.41) is 34.5. The summed E-state index contributed by atoms with van der Waals surface area (Å²) in [5.74, 6) is 0.0462. The number of ether oxygens (including phenoxy) is 2. The highest BCUT2D eigenvalue weighted by Gasteiger charge is 2.37. The Balaban J connectivity index is 1.61. The SMILES string of the molecule is CCCc1[nH]nc2c1[C@@H](c1ccc([C@H]3C(C#N)=C(N)Oc4n[nH]c(CCC)c43)cc1)C(C#N)=C(N)O2. The fourth-order valence-electron chi connectivity index (χ4n) is 5.05. The van der Waals surface area contributed by atoms with Crippen molar-refractivity contribution in [2.45, 2.75) is 51.4 Å². The van der Waals surface area contributed by atoms with Gasteiger partial charge in [-0.3, -0.25) is 10.2 Å². The predicted octanol–water partition coefficient (Wildman–Crippen LogP) is 3.47. The molecule has 2 aliphatic heterocycles. The number of aryl methyl sites for hydroxylation is 2. The van der Waals surface area contributed by atoms with Gasteiger partial charge in [0.05, 0.1) is 11.8 Å². The van der Waals surface area contributed by atoms with Crippen LogP contribution < -0.4 is 20.9 Å². The number of allylic oxidation sites excluding steroid dienone is 2. The number of hydrogen-bond acceptors (Lipinski definition) is 8. The first-order valence-electron chi connectivity index (χ1n) is 11.9. The highest BCUT2D eigenvalue weighted by Crippen LogP contribution is 2.46. The normalized spacial score (nSPS) is 18.6. The Kier molecular flexibility index (Phi) is 5.87. The van der Waals surface area contributed by atoms with Crippen molar-refractivity contribution in [3.05, 3.63) is 80.8 Å². The first-order chi connectivity index (χ1) is 17.5. The number of benzene rings is 1. The van der Waals surface area contributed by atoms with E-state index in [4.69, 9.17) is 20.9 Å². The van der Waals surface area contributed by atoms with Gasteiger partial charge in [0.1, 0.15) is 23.3 Å². The molecule has 4 heterocycles. The van der Waals surface area contributed by atoms with Gasteiger partial charge in [-0.15, -0.1) is 10.2 Å². The fourth-order valence-corrected chi connectivity index (χ4v) is 5.05. The lowest BCUT2D eigenvalue weighted by molar-refractivity contribution is 0.378. The van der Waals surface area contributed by atoms with Crippen molar-refractivity contribution in [2.24, 2.45) is 11.5 Å². The van der Waals surface area contributed by atoms with E-state index >= 15 is 0 Å². The minimum atomic E-state index is -0.418. The van der Waals surface area contributed by atoms with E-state index in [-0.39, 0.29) is 11.8 Å². The molecule has 6 N–H and O–H groups in total. The summed E-state index contributed by atoms with van der Waals surface area (Å²) in [6.45, 7) is 4.15. The molecule has 1 aromatic carbocycles. The lowest BCUT2D eigenvalue weighted by Crippen LogP contribution is -2.22. The molecule has 2 atom stereocenters. The first kappa shape index (κ1) is 23.1. The monoisotopic (exact) mass is 482 g/mol. The molecule has 0 unspecified atom stereocenters. The molecule has 0 fully saturated rings. The van der Waals surface area contributed by atoms with Gasteiger partial charge in [0.25, 0.3) is 0 Å². The number of nitrogens with two attached hydrogens (primary N) is 2. The lowest BCUT2D eigenvalue weighted by atomic mass is 9.80. The Morgan fingerprint density at radius 3 is 1.50 bits per heavy atom. The van der Waals surface area contributed by atoms with E-state index in [1.807, 2.05) is 24.3 Å². The Hall–Kier alpha value is -4.70. The van der Waals surface area contributed by atoms with Crippen LogP contribution in [0.2, 0.25) is 0 Å². The third kappa shape index (κ3) is 3.55. The van der Waals surface area contributed by atoms with E-state index in [0.717, 1.165) is 59.3 Å². The number of aromatic amines is 2. The maximum atomic E-state index is 9.92. The molecule has 0 aliphatic carbocycles. The molecule has 36 heavy (non-hydrogen) atoms. The molecule has 0 saturated heterocycles. The van der Waals surface area contributed by atoms with Crippen LogP contribution in [0.1, 0.15) is 72.2 Å². The number of nitrogens with zero attached hydrogens (tertiary/aromatic N) is 4. The Morgan fingerprint density at radius 1 is 0.778 bits per heavy atom. The van der Waals surface area contributed by atoms with Crippen LogP contribution in [0.25, 0.3) is 0 Å². The Labute approximate surface area is 208 Å². The Bertz CT molecular complexity index is 1350. The van der Waals surface area contributed by atoms with Gasteiger partial charge in [-0.2, -0.15) is 10.5 Å². The van der Waals surface area contributed by atoms with Crippen molar-refractivity contribution in [1.29, 1.82) is 10.5 Å². The number of rotatable bonds is 6. The second-order valence-corrected chi connectivity index (χ2v) is 8.86. The number of nitriles is 2. The van der Waals surface area contributed by atoms with Gasteiger partial charge < -0.3 is 20.9 Å². The van der Waals surface area contributed by atoms with Crippen molar-refractivity contribution in [3.63, 3.8) is 0 Å². The van der Waals surface area contributed by atoms with E-state index in [9.17, 15) is 10.5 Å². The van der Waals surface area contributed by atoms with Crippen LogP contribution in [0, 0.1) is 22.7 Å². The molecule has 10 heteroatoms. The van der Waals surface area contributed by atoms with Crippen molar-refractivity contribution in [3.8, 4) is 23.9 Å². The van der Waals surface area contributed by atoms with Crippen LogP contribution in [-0.4, -0.2) is 20.4 Å². The van der Waals surface area contributed by atoms with E-state index in [0.29, 0.717) is 22.9 Å². The van der Waals surface area contributed by atoms with Gasteiger partial charge in [0.15, 0.2) is 0 Å². The first-order valence-corrected chi connectivity index (χ1v) is 11.9. The summed E-state index contributed by atoms with van der Waals surface area (Å²) in [6.07, 6.45) is 3.34. The Morgan fingerprint density at radius 2 is 1.17 bits per heavy atom. The molecule has 182 valence electrons. The number of fused-ring (bicyclic) bond motifs is 2. The van der Waals surface area contributed by atoms with Gasteiger partial charge in [0.2, 0.25) is 23.5 Å². The van der Waals surface area contributed by atoms with E-state index in [2.05, 4.69) is 46.4 Å². The molecule has 0 saturated carbocycles. The molecule has 5 rings (SSSR count). The van der Waals surface area contributed by atoms with Crippen LogP contribution in [0.3, 0.4) is 0 Å². The van der Waals surface area contributed by atoms with Crippen molar-refractivity contribution < 1.29 is 9.47 Å². The molecule has 2 aliphatic rings. The third-order valence-electron chi connectivity index (χ3n) is 6.64.